The molecule has 1 aliphatic heterocycles. The molecule has 1 aliphatic rings. The monoisotopic (exact) mass is 1220 g/mol. The number of esters is 1. The number of unbranched alkanes of at least 4 members (excludes halogenated alkanes) is 1. The van der Waals surface area contributed by atoms with Gasteiger partial charge >= 0.3 is 5.97 Å². The van der Waals surface area contributed by atoms with Gasteiger partial charge in [-0.05, 0) is 69.2 Å². The van der Waals surface area contributed by atoms with Crippen LogP contribution in [0.3, 0.4) is 0 Å². The van der Waals surface area contributed by atoms with Gasteiger partial charge in [-0.1, -0.05) is 51.1 Å². The highest BCUT2D eigenvalue weighted by Gasteiger charge is 2.39. The van der Waals surface area contributed by atoms with Crippen LogP contribution in [0.25, 0.3) is 11.3 Å². The Morgan fingerprint density at radius 1 is 0.659 bits per heavy atom. The first kappa shape index (κ1) is 71.8. The number of amides is 4. The van der Waals surface area contributed by atoms with Crippen molar-refractivity contribution >= 4 is 46.2 Å². The summed E-state index contributed by atoms with van der Waals surface area (Å²) in [5.74, 6) is -3.13. The molecular weight excluding hydrogens is 1130 g/mol. The lowest BCUT2D eigenvalue weighted by molar-refractivity contribution is -0.155. The largest absolute Gasteiger partial charge is 0.460 e. The predicted molar refractivity (Wildman–Crippen MR) is 314 cm³/mol. The van der Waals surface area contributed by atoms with E-state index in [1.165, 1.54) is 12.2 Å². The summed E-state index contributed by atoms with van der Waals surface area (Å²) in [5, 5.41) is 2.75. The number of imidazole rings is 1. The van der Waals surface area contributed by atoms with Crippen LogP contribution < -0.4 is 5.32 Å². The van der Waals surface area contributed by atoms with Gasteiger partial charge in [0.1, 0.15) is 34.6 Å². The van der Waals surface area contributed by atoms with Crippen molar-refractivity contribution in [2.24, 2.45) is 5.41 Å². The number of halogens is 2. The van der Waals surface area contributed by atoms with E-state index >= 15 is 4.39 Å². The second kappa shape index (κ2) is 39.9. The Balaban J connectivity index is 1.04. The summed E-state index contributed by atoms with van der Waals surface area (Å²) in [7, 11) is -1.69. The number of rotatable bonds is 46. The van der Waals surface area contributed by atoms with Gasteiger partial charge in [-0.15, -0.1) is 0 Å². The maximum Gasteiger partial charge on any atom is 0.306 e. The molecule has 2 heterocycles. The van der Waals surface area contributed by atoms with Crippen molar-refractivity contribution in [3.63, 3.8) is 0 Å². The van der Waals surface area contributed by atoms with Crippen molar-refractivity contribution in [2.75, 3.05) is 137 Å². The first-order chi connectivity index (χ1) is 40.7. The number of imide groups is 1. The molecule has 474 valence electrons. The van der Waals surface area contributed by atoms with Crippen molar-refractivity contribution in [1.29, 1.82) is 0 Å². The number of ether oxygens (including phenoxy) is 9. The number of Topliss-reactive ketones (excluding diaryl/α,β-unsaturated/α-hetero) is 1. The zero-order chi connectivity index (χ0) is 61.9. The van der Waals surface area contributed by atoms with Crippen LogP contribution in [0.15, 0.2) is 66.9 Å². The topological polar surface area (TPSA) is 239 Å². The molecule has 4 amide bonds. The van der Waals surface area contributed by atoms with Crippen molar-refractivity contribution in [3.8, 4) is 11.3 Å². The SMILES string of the molecule is CC(C)(C)OC(=O)CCCCN(C(=O)CS(=O)CCNC(=O)CCOCCOCCOCCOCCOCCOCCOCCOCCCC(=O)CCN1C(=O)C=CC1=O)C(c1nc(-c2cc(F)ccc2F)cn1Cc1ccccc1)C(C)(C)C. The third-order valence-corrected chi connectivity index (χ3v) is 13.9. The Kier molecular flexibility index (Phi) is 33.7. The minimum absolute atomic E-state index is 0.0103. The van der Waals surface area contributed by atoms with E-state index in [0.717, 1.165) is 28.7 Å². The summed E-state index contributed by atoms with van der Waals surface area (Å²) in [6.07, 6.45) is 6.06. The highest BCUT2D eigenvalue weighted by molar-refractivity contribution is 7.85. The molecule has 0 fully saturated rings. The standard InChI is InChI=1S/C61H89F2N5O16S/c1-60(2,3)58(59-65-52(50-43-48(62)17-18-51(50)63)45-66(59)44-47-13-8-7-9-14-47)68(24-11-10-16-57(74)84-61(4,5)6)56(73)46-85(75)42-23-64-53(70)22-27-77-29-31-79-33-35-81-37-39-83-41-40-82-38-36-80-34-32-78-30-28-76-26-12-15-49(69)21-25-67-54(71)19-20-55(67)72/h7-9,13-14,17-20,43,45,58H,10-12,15-16,21-42,44,46H2,1-6H3,(H,64,70). The summed E-state index contributed by atoms with van der Waals surface area (Å²) in [4.78, 5) is 82.4. The number of ketones is 1. The van der Waals surface area contributed by atoms with Crippen LogP contribution in [-0.2, 0) is 88.7 Å². The molecular formula is C61H89F2N5O16S. The first-order valence-corrected chi connectivity index (χ1v) is 30.6. The molecule has 0 spiro atoms. The van der Waals surface area contributed by atoms with E-state index in [4.69, 9.17) is 47.6 Å². The fourth-order valence-corrected chi connectivity index (χ4v) is 9.51. The van der Waals surface area contributed by atoms with Crippen LogP contribution in [0.4, 0.5) is 8.78 Å². The van der Waals surface area contributed by atoms with E-state index in [0.29, 0.717) is 131 Å². The molecule has 4 rings (SSSR count). The Labute approximate surface area is 501 Å². The number of nitrogens with zero attached hydrogens (tertiary/aromatic N) is 4. The van der Waals surface area contributed by atoms with Crippen LogP contribution in [0.2, 0.25) is 0 Å². The summed E-state index contributed by atoms with van der Waals surface area (Å²) in [6, 6.07) is 11.9. The molecule has 2 atom stereocenters. The number of hydrogen-bond acceptors (Lipinski definition) is 17. The van der Waals surface area contributed by atoms with Gasteiger partial charge in [0.2, 0.25) is 11.8 Å². The quantitative estimate of drug-likeness (QED) is 0.0368. The number of benzene rings is 2. The molecule has 0 saturated carbocycles. The second-order valence-electron chi connectivity index (χ2n) is 22.0. The molecule has 2 unspecified atom stereocenters. The molecule has 3 aromatic rings. The fourth-order valence-electron chi connectivity index (χ4n) is 8.59. The molecule has 85 heavy (non-hydrogen) atoms. The number of carbonyl (C=O) groups excluding carboxylic acids is 6. The summed E-state index contributed by atoms with van der Waals surface area (Å²) in [6.45, 7) is 17.7. The average molecular weight is 1220 g/mol. The van der Waals surface area contributed by atoms with Crippen molar-refractivity contribution < 1.29 is 84.4 Å². The maximum atomic E-state index is 15.3. The zero-order valence-electron chi connectivity index (χ0n) is 50.4. The molecule has 0 bridgehead atoms. The van der Waals surface area contributed by atoms with E-state index < -0.39 is 45.4 Å². The highest BCUT2D eigenvalue weighted by Crippen LogP contribution is 2.40. The van der Waals surface area contributed by atoms with E-state index in [1.807, 2.05) is 55.7 Å². The third-order valence-electron chi connectivity index (χ3n) is 12.6. The van der Waals surface area contributed by atoms with Crippen LogP contribution >= 0.6 is 0 Å². The summed E-state index contributed by atoms with van der Waals surface area (Å²) in [5.41, 5.74) is -0.297. The Bertz CT molecular complexity index is 2540. The van der Waals surface area contributed by atoms with Crippen LogP contribution in [0, 0.1) is 17.0 Å². The third kappa shape index (κ3) is 30.0. The first-order valence-electron chi connectivity index (χ1n) is 29.1. The molecule has 0 aliphatic carbocycles. The highest BCUT2D eigenvalue weighted by atomic mass is 32.2. The van der Waals surface area contributed by atoms with Crippen LogP contribution in [0.1, 0.15) is 104 Å². The van der Waals surface area contributed by atoms with Crippen LogP contribution in [0.5, 0.6) is 0 Å². The number of hydrogen-bond donors (Lipinski definition) is 1. The molecule has 1 N–H and O–H groups in total. The van der Waals surface area contributed by atoms with Gasteiger partial charge in [-0.25, -0.2) is 13.8 Å². The van der Waals surface area contributed by atoms with E-state index in [1.54, 1.807) is 31.9 Å². The lowest BCUT2D eigenvalue weighted by Gasteiger charge is -2.40. The van der Waals surface area contributed by atoms with Gasteiger partial charge in [-0.2, -0.15) is 0 Å². The predicted octanol–water partition coefficient (Wildman–Crippen LogP) is 6.36. The fraction of sp³-hybridized carbons (Fsp3) is 0.623. The molecule has 21 nitrogen and oxygen atoms in total. The van der Waals surface area contributed by atoms with Crippen molar-refractivity contribution in [2.45, 2.75) is 105 Å². The minimum Gasteiger partial charge on any atom is -0.460 e. The lowest BCUT2D eigenvalue weighted by Crippen LogP contribution is -2.45. The molecule has 0 radical (unpaired) electrons. The molecule has 0 saturated heterocycles. The van der Waals surface area contributed by atoms with Gasteiger partial charge in [0, 0.05) is 98.9 Å². The van der Waals surface area contributed by atoms with Crippen molar-refractivity contribution in [3.05, 3.63) is 89.9 Å². The number of nitrogens with one attached hydrogen (secondary N) is 1. The molecule has 24 heteroatoms. The number of carbonyl (C=O) groups is 6. The van der Waals surface area contributed by atoms with Gasteiger partial charge in [0.15, 0.2) is 0 Å². The van der Waals surface area contributed by atoms with Crippen molar-refractivity contribution in [1.82, 2.24) is 24.7 Å². The van der Waals surface area contributed by atoms with Gasteiger partial charge in [0.05, 0.1) is 111 Å². The Morgan fingerprint density at radius 3 is 1.74 bits per heavy atom. The van der Waals surface area contributed by atoms with Gasteiger partial charge in [-0.3, -0.25) is 37.9 Å². The molecule has 1 aromatic heterocycles. The zero-order valence-corrected chi connectivity index (χ0v) is 51.2. The Morgan fingerprint density at radius 2 is 1.20 bits per heavy atom. The Hall–Kier alpha value is -5.70. The van der Waals surface area contributed by atoms with E-state index in [2.05, 4.69) is 5.32 Å². The second-order valence-corrected chi connectivity index (χ2v) is 23.5. The summed E-state index contributed by atoms with van der Waals surface area (Å²) >= 11 is 0. The summed E-state index contributed by atoms with van der Waals surface area (Å²) < 4.78 is 94.8. The minimum atomic E-state index is -1.69. The van der Waals surface area contributed by atoms with E-state index in [9.17, 15) is 37.4 Å². The molecule has 2 aromatic carbocycles. The van der Waals surface area contributed by atoms with Crippen LogP contribution in [-0.4, -0.2) is 201 Å². The number of aromatic nitrogens is 2. The smallest absolute Gasteiger partial charge is 0.306 e. The van der Waals surface area contributed by atoms with Gasteiger partial charge in [0.25, 0.3) is 11.8 Å². The lowest BCUT2D eigenvalue weighted by atomic mass is 9.84. The van der Waals surface area contributed by atoms with Gasteiger partial charge < -0.3 is 57.4 Å². The average Bonchev–Trinajstić information content (AvgIpc) is 4.01. The maximum absolute atomic E-state index is 15.3. The normalized spacial score (nSPS) is 13.4. The van der Waals surface area contributed by atoms with E-state index in [-0.39, 0.29) is 104 Å².